The van der Waals surface area contributed by atoms with E-state index in [2.05, 4.69) is 5.10 Å². The zero-order valence-corrected chi connectivity index (χ0v) is 10.5. The first-order valence-electron chi connectivity index (χ1n) is 5.88. The Kier molecular flexibility index (Phi) is 3.70. The topological polar surface area (TPSA) is 90.4 Å². The fourth-order valence-electron chi connectivity index (χ4n) is 1.72. The number of hydrogen-bond acceptors (Lipinski definition) is 5. The number of nitrogens with zero attached hydrogens (tertiary/aromatic N) is 2. The zero-order chi connectivity index (χ0) is 13.8. The van der Waals surface area contributed by atoms with E-state index in [1.165, 1.54) is 4.68 Å². The summed E-state index contributed by atoms with van der Waals surface area (Å²) >= 11 is 0. The zero-order valence-electron chi connectivity index (χ0n) is 10.5. The highest BCUT2D eigenvalue weighted by Crippen LogP contribution is 2.15. The molecule has 2 aromatic rings. The molecule has 0 bridgehead atoms. The molecule has 6 heteroatoms. The molecule has 19 heavy (non-hydrogen) atoms. The molecule has 1 aromatic carbocycles. The highest BCUT2D eigenvalue weighted by molar-refractivity contribution is 5.92. The molecule has 0 atom stereocenters. The minimum atomic E-state index is -0.533. The molecule has 0 aliphatic rings. The Hall–Kier alpha value is -2.50. The Morgan fingerprint density at radius 1 is 1.53 bits per heavy atom. The second-order valence-corrected chi connectivity index (χ2v) is 4.02. The van der Waals surface area contributed by atoms with Gasteiger partial charge in [-0.2, -0.15) is 5.10 Å². The number of nitrogens with two attached hydrogens (primary N) is 1. The normalized spacial score (nSPS) is 10.4. The first kappa shape index (κ1) is 12.9. The highest BCUT2D eigenvalue weighted by Gasteiger charge is 2.15. The van der Waals surface area contributed by atoms with Crippen LogP contribution in [-0.4, -0.2) is 27.5 Å². The van der Waals surface area contributed by atoms with Gasteiger partial charge >= 0.3 is 5.97 Å². The van der Waals surface area contributed by atoms with Crippen LogP contribution in [0.2, 0.25) is 0 Å². The van der Waals surface area contributed by atoms with Gasteiger partial charge in [0.25, 0.3) is 0 Å². The lowest BCUT2D eigenvalue weighted by atomic mass is 10.2. The third kappa shape index (κ3) is 3.04. The van der Waals surface area contributed by atoms with Crippen LogP contribution in [0.25, 0.3) is 0 Å². The van der Waals surface area contributed by atoms with Gasteiger partial charge in [-0.1, -0.05) is 12.1 Å². The van der Waals surface area contributed by atoms with Crippen molar-refractivity contribution in [3.05, 3.63) is 41.7 Å². The summed E-state index contributed by atoms with van der Waals surface area (Å²) in [6.07, 6.45) is 1.57. The molecule has 0 fully saturated rings. The summed E-state index contributed by atoms with van der Waals surface area (Å²) in [6.45, 7) is 2.41. The van der Waals surface area contributed by atoms with Crippen LogP contribution in [0.4, 0.5) is 5.69 Å². The molecule has 0 spiro atoms. The molecule has 100 valence electrons. The minimum absolute atomic E-state index is 0.113. The van der Waals surface area contributed by atoms with Crippen molar-refractivity contribution in [1.29, 1.82) is 0 Å². The molecule has 0 radical (unpaired) electrons. The Bertz CT molecular complexity index is 593. The molecule has 0 aliphatic carbocycles. The number of ether oxygens (including phenoxy) is 1. The van der Waals surface area contributed by atoms with Gasteiger partial charge in [0.2, 0.25) is 0 Å². The van der Waals surface area contributed by atoms with E-state index >= 15 is 0 Å². The number of carbonyl (C=O) groups is 1. The Morgan fingerprint density at radius 2 is 2.32 bits per heavy atom. The molecule has 6 nitrogen and oxygen atoms in total. The molecule has 0 aliphatic heterocycles. The first-order valence-corrected chi connectivity index (χ1v) is 5.88. The summed E-state index contributed by atoms with van der Waals surface area (Å²) in [5.41, 5.74) is 6.97. The van der Waals surface area contributed by atoms with E-state index in [1.54, 1.807) is 31.3 Å². The number of rotatable bonds is 4. The Balaban J connectivity index is 2.18. The number of esters is 1. The summed E-state index contributed by atoms with van der Waals surface area (Å²) < 4.78 is 6.39. The summed E-state index contributed by atoms with van der Waals surface area (Å²) in [5.74, 6) is -0.349. The summed E-state index contributed by atoms with van der Waals surface area (Å²) in [6, 6.07) is 6.80. The van der Waals surface area contributed by atoms with Crippen LogP contribution in [0.1, 0.15) is 23.0 Å². The fraction of sp³-hybridized carbons (Fsp3) is 0.231. The molecule has 2 rings (SSSR count). The first-order chi connectivity index (χ1) is 9.10. The number of phenolic OH excluding ortho intramolecular Hbond substituents is 1. The Labute approximate surface area is 110 Å². The monoisotopic (exact) mass is 261 g/mol. The van der Waals surface area contributed by atoms with Crippen molar-refractivity contribution in [2.45, 2.75) is 13.5 Å². The quantitative estimate of drug-likeness (QED) is 0.812. The number of aromatic nitrogens is 2. The van der Waals surface area contributed by atoms with Gasteiger partial charge in [-0.05, 0) is 24.6 Å². The maximum Gasteiger partial charge on any atom is 0.361 e. The van der Waals surface area contributed by atoms with Gasteiger partial charge in [0.1, 0.15) is 5.75 Å². The van der Waals surface area contributed by atoms with Crippen molar-refractivity contribution in [3.8, 4) is 5.75 Å². The summed E-state index contributed by atoms with van der Waals surface area (Å²) in [7, 11) is 0. The largest absolute Gasteiger partial charge is 0.508 e. The number of nitrogen functional groups attached to an aromatic ring is 1. The number of anilines is 1. The molecular weight excluding hydrogens is 246 g/mol. The van der Waals surface area contributed by atoms with Gasteiger partial charge in [0.05, 0.1) is 18.8 Å². The molecular formula is C13H15N3O3. The molecule has 1 aromatic heterocycles. The van der Waals surface area contributed by atoms with E-state index in [0.717, 1.165) is 5.56 Å². The minimum Gasteiger partial charge on any atom is -0.508 e. The lowest BCUT2D eigenvalue weighted by molar-refractivity contribution is 0.0519. The number of phenols is 1. The lowest BCUT2D eigenvalue weighted by Crippen LogP contribution is -2.09. The van der Waals surface area contributed by atoms with Gasteiger partial charge in [-0.15, -0.1) is 0 Å². The highest BCUT2D eigenvalue weighted by atomic mass is 16.5. The molecule has 0 saturated carbocycles. The van der Waals surface area contributed by atoms with E-state index in [-0.39, 0.29) is 23.7 Å². The van der Waals surface area contributed by atoms with Crippen LogP contribution < -0.4 is 5.73 Å². The number of aromatic hydroxyl groups is 1. The smallest absolute Gasteiger partial charge is 0.361 e. The average molecular weight is 261 g/mol. The second-order valence-electron chi connectivity index (χ2n) is 4.02. The van der Waals surface area contributed by atoms with E-state index in [4.69, 9.17) is 10.5 Å². The second kappa shape index (κ2) is 5.43. The van der Waals surface area contributed by atoms with E-state index in [1.807, 2.05) is 6.07 Å². The number of hydrogen-bond donors (Lipinski definition) is 2. The molecule has 3 N–H and O–H groups in total. The van der Waals surface area contributed by atoms with Crippen molar-refractivity contribution in [1.82, 2.24) is 9.78 Å². The van der Waals surface area contributed by atoms with E-state index in [0.29, 0.717) is 6.54 Å². The van der Waals surface area contributed by atoms with Crippen molar-refractivity contribution in [2.75, 3.05) is 12.3 Å². The molecule has 0 unspecified atom stereocenters. The van der Waals surface area contributed by atoms with E-state index < -0.39 is 5.97 Å². The fourth-order valence-corrected chi connectivity index (χ4v) is 1.72. The molecule has 0 amide bonds. The maximum absolute atomic E-state index is 11.6. The van der Waals surface area contributed by atoms with Crippen molar-refractivity contribution in [3.63, 3.8) is 0 Å². The van der Waals surface area contributed by atoms with Gasteiger partial charge in [-0.25, -0.2) is 4.79 Å². The van der Waals surface area contributed by atoms with Gasteiger partial charge in [0, 0.05) is 6.20 Å². The van der Waals surface area contributed by atoms with Gasteiger partial charge in [-0.3, -0.25) is 4.68 Å². The Morgan fingerprint density at radius 3 is 3.00 bits per heavy atom. The summed E-state index contributed by atoms with van der Waals surface area (Å²) in [5, 5.41) is 13.5. The SMILES string of the molecule is CCOC(=O)c1nn(Cc2cccc(O)c2)cc1N. The van der Waals surface area contributed by atoms with Crippen molar-refractivity contribution in [2.24, 2.45) is 0 Å². The van der Waals surface area contributed by atoms with Gasteiger partial charge in [0.15, 0.2) is 5.69 Å². The predicted octanol–water partition coefficient (Wildman–Crippen LogP) is 1.40. The summed E-state index contributed by atoms with van der Waals surface area (Å²) in [4.78, 5) is 11.6. The van der Waals surface area contributed by atoms with Crippen LogP contribution in [0.5, 0.6) is 5.75 Å². The van der Waals surface area contributed by atoms with Gasteiger partial charge < -0.3 is 15.6 Å². The van der Waals surface area contributed by atoms with E-state index in [9.17, 15) is 9.90 Å². The van der Waals surface area contributed by atoms with Crippen molar-refractivity contribution >= 4 is 11.7 Å². The van der Waals surface area contributed by atoms with Crippen LogP contribution in [0, 0.1) is 0 Å². The van der Waals surface area contributed by atoms with Crippen LogP contribution >= 0.6 is 0 Å². The lowest BCUT2D eigenvalue weighted by Gasteiger charge is -2.02. The maximum atomic E-state index is 11.6. The van der Waals surface area contributed by atoms with Crippen LogP contribution in [-0.2, 0) is 11.3 Å². The number of carbonyl (C=O) groups excluding carboxylic acids is 1. The third-order valence-corrected chi connectivity index (χ3v) is 2.51. The van der Waals surface area contributed by atoms with Crippen molar-refractivity contribution < 1.29 is 14.6 Å². The van der Waals surface area contributed by atoms with Crippen LogP contribution in [0.15, 0.2) is 30.5 Å². The average Bonchev–Trinajstić information content (AvgIpc) is 2.70. The molecule has 1 heterocycles. The standard InChI is InChI=1S/C13H15N3O3/c1-2-19-13(18)12-11(14)8-16(15-12)7-9-4-3-5-10(17)6-9/h3-6,8,17H,2,7,14H2,1H3. The predicted molar refractivity (Wildman–Crippen MR) is 69.8 cm³/mol. The molecule has 0 saturated heterocycles. The number of benzene rings is 1. The van der Waals surface area contributed by atoms with Crippen LogP contribution in [0.3, 0.4) is 0 Å². The third-order valence-electron chi connectivity index (χ3n) is 2.51.